The molecule has 0 bridgehead atoms. The van der Waals surface area contributed by atoms with Gasteiger partial charge in [-0.25, -0.2) is 9.36 Å². The fourth-order valence-electron chi connectivity index (χ4n) is 17.4. The van der Waals surface area contributed by atoms with Gasteiger partial charge in [-0.05, 0) is 198 Å². The van der Waals surface area contributed by atoms with Crippen LogP contribution in [0.5, 0.6) is 0 Å². The average Bonchev–Trinajstić information content (AvgIpc) is 4.03. The van der Waals surface area contributed by atoms with Gasteiger partial charge in [0.25, 0.3) is 5.91 Å². The van der Waals surface area contributed by atoms with Gasteiger partial charge in [0, 0.05) is 11.8 Å². The summed E-state index contributed by atoms with van der Waals surface area (Å²) in [6.07, 6.45) is 22.9. The maximum absolute atomic E-state index is 13.3. The van der Waals surface area contributed by atoms with E-state index in [4.69, 9.17) is 11.0 Å². The van der Waals surface area contributed by atoms with Crippen molar-refractivity contribution in [3.05, 3.63) is 23.8 Å². The van der Waals surface area contributed by atoms with Crippen molar-refractivity contribution < 1.29 is 24.6 Å². The molecule has 2 heterocycles. The summed E-state index contributed by atoms with van der Waals surface area (Å²) in [4.78, 5) is 37.9. The van der Waals surface area contributed by atoms with E-state index in [9.17, 15) is 24.6 Å². The minimum absolute atomic E-state index is 0.0484. The summed E-state index contributed by atoms with van der Waals surface area (Å²) in [6.45, 7) is 14.2. The van der Waals surface area contributed by atoms with E-state index in [1.54, 1.807) is 6.20 Å². The molecule has 10 rings (SSSR count). The number of carbonyl (C=O) groups excluding carboxylic acids is 3. The number of aliphatic hydroxyl groups is 2. The largest absolute Gasteiger partial charge is 0.390 e. The van der Waals surface area contributed by atoms with Gasteiger partial charge in [-0.1, -0.05) is 38.1 Å². The Kier molecular flexibility index (Phi) is 11.2. The predicted octanol–water partition coefficient (Wildman–Crippen LogP) is 7.48. The molecule has 0 spiro atoms. The molecule has 0 aliphatic heterocycles. The van der Waals surface area contributed by atoms with E-state index in [0.29, 0.717) is 40.4 Å². The van der Waals surface area contributed by atoms with Crippen molar-refractivity contribution in [2.45, 2.75) is 181 Å². The van der Waals surface area contributed by atoms with Crippen molar-refractivity contribution in [2.75, 3.05) is 0 Å². The van der Waals surface area contributed by atoms with Gasteiger partial charge in [-0.15, -0.1) is 10.2 Å². The SMILES string of the molecule is C[C@@]1(O)CC[C@@]2(C)[C@H](CC[C@@H]3[C@@H]2CC[C@]2(C)[C@@H](C(=O)Cn4cc(C#N)nn4)CC[C@@H]32)C1.C[C@@]1(O)CC[C@@]2(C)[C@H](CC[C@@H]3[C@@H]2CC[C@]2(C)[C@@H](C(=O)Cn4cc(C(N)=O)nn4)CC[C@@H]32)C1. The number of nitrogens with two attached hydrogens (primary N) is 1. The zero-order valence-corrected chi connectivity index (χ0v) is 38.9. The highest BCUT2D eigenvalue weighted by molar-refractivity contribution is 5.90. The topological polar surface area (TPSA) is 203 Å². The second-order valence-corrected chi connectivity index (χ2v) is 24.1. The summed E-state index contributed by atoms with van der Waals surface area (Å²) in [5.74, 6) is 5.36. The quantitative estimate of drug-likeness (QED) is 0.250. The van der Waals surface area contributed by atoms with E-state index in [1.165, 1.54) is 54.1 Å². The first-order valence-electron chi connectivity index (χ1n) is 24.7. The number of rotatable bonds is 7. The molecule has 1 amide bonds. The van der Waals surface area contributed by atoms with E-state index in [1.807, 2.05) is 19.9 Å². The molecule has 344 valence electrons. The van der Waals surface area contributed by atoms with Crippen LogP contribution in [0.4, 0.5) is 0 Å². The van der Waals surface area contributed by atoms with Gasteiger partial charge in [0.2, 0.25) is 0 Å². The van der Waals surface area contributed by atoms with E-state index < -0.39 is 17.1 Å². The van der Waals surface area contributed by atoms with Crippen LogP contribution in [0.2, 0.25) is 0 Å². The number of carbonyl (C=O) groups is 3. The Morgan fingerprint density at radius 3 is 1.49 bits per heavy atom. The summed E-state index contributed by atoms with van der Waals surface area (Å²) < 4.78 is 2.99. The van der Waals surface area contributed by atoms with Crippen molar-refractivity contribution in [3.63, 3.8) is 0 Å². The lowest BCUT2D eigenvalue weighted by atomic mass is 9.44. The molecule has 63 heavy (non-hydrogen) atoms. The highest BCUT2D eigenvalue weighted by atomic mass is 16.3. The van der Waals surface area contributed by atoms with Gasteiger partial charge in [-0.3, -0.25) is 14.4 Å². The van der Waals surface area contributed by atoms with Crippen LogP contribution in [0.1, 0.15) is 173 Å². The summed E-state index contributed by atoms with van der Waals surface area (Å²) in [5.41, 5.74) is 5.47. The highest BCUT2D eigenvalue weighted by Crippen LogP contribution is 2.70. The van der Waals surface area contributed by atoms with Crippen LogP contribution in [0.3, 0.4) is 0 Å². The zero-order chi connectivity index (χ0) is 44.9. The number of ketones is 2. The zero-order valence-electron chi connectivity index (χ0n) is 38.9. The van der Waals surface area contributed by atoms with Gasteiger partial charge >= 0.3 is 0 Å². The average molecular weight is 867 g/mol. The van der Waals surface area contributed by atoms with Crippen LogP contribution in [-0.2, 0) is 22.7 Å². The standard InChI is InChI=1S/C25H38N4O3.C25H36N4O2/c1-23(32)10-11-24(2)15(12-23)4-5-16-17-6-7-19(25(17,3)9-8-18(16)24)21(30)14-29-13-20(22(26)31)27-28-29;1-23(31)10-11-24(2)16(12-23)4-5-18-19-6-7-21(25(19,3)9-8-20(18)24)22(30)15-29-14-17(13-26)27-28-29/h13,15-19,32H,4-12,14H2,1-3H3,(H2,26,31);14,16,18-21,31H,4-12,15H2,1-3H3/t15-,16+,17+,18+,19-,23-,24+,25+;16-,18+,19+,20+,21-,23-,24+,25+/m11/s1. The lowest BCUT2D eigenvalue weighted by Gasteiger charge is -2.61. The summed E-state index contributed by atoms with van der Waals surface area (Å²) in [7, 11) is 0. The molecule has 16 atom stereocenters. The Morgan fingerprint density at radius 2 is 1.06 bits per heavy atom. The maximum Gasteiger partial charge on any atom is 0.270 e. The molecule has 0 aromatic carbocycles. The number of aromatic nitrogens is 6. The molecule has 0 radical (unpaired) electrons. The third kappa shape index (κ3) is 7.62. The minimum Gasteiger partial charge on any atom is -0.390 e. The first-order valence-corrected chi connectivity index (χ1v) is 24.7. The van der Waals surface area contributed by atoms with Crippen LogP contribution in [0.25, 0.3) is 0 Å². The molecular weight excluding hydrogens is 793 g/mol. The molecule has 8 saturated carbocycles. The van der Waals surface area contributed by atoms with Crippen LogP contribution in [0.15, 0.2) is 12.4 Å². The van der Waals surface area contributed by atoms with Crippen molar-refractivity contribution >= 4 is 17.5 Å². The smallest absolute Gasteiger partial charge is 0.270 e. The lowest BCUT2D eigenvalue weighted by Crippen LogP contribution is -2.55. The summed E-state index contributed by atoms with van der Waals surface area (Å²) in [6, 6.07) is 1.98. The Bertz CT molecular complexity index is 2140. The minimum atomic E-state index is -0.622. The monoisotopic (exact) mass is 867 g/mol. The normalized spacial score (nSPS) is 46.0. The number of Topliss-reactive ketones (excluding diaryl/α,β-unsaturated/α-hetero) is 2. The molecular formula is C50H74N8O5. The first-order chi connectivity index (χ1) is 29.7. The molecule has 0 saturated heterocycles. The Labute approximate surface area is 374 Å². The van der Waals surface area contributed by atoms with E-state index in [-0.39, 0.29) is 58.7 Å². The molecule has 8 aliphatic carbocycles. The third-order valence-corrected chi connectivity index (χ3v) is 20.8. The molecule has 13 heteroatoms. The lowest BCUT2D eigenvalue weighted by molar-refractivity contribution is -0.151. The second-order valence-electron chi connectivity index (χ2n) is 24.1. The number of amides is 1. The van der Waals surface area contributed by atoms with Gasteiger partial charge in [0.1, 0.15) is 19.2 Å². The number of nitriles is 1. The van der Waals surface area contributed by atoms with E-state index in [0.717, 1.165) is 94.8 Å². The number of nitrogens with zero attached hydrogens (tertiary/aromatic N) is 7. The number of hydrogen-bond donors (Lipinski definition) is 3. The predicted molar refractivity (Wildman–Crippen MR) is 235 cm³/mol. The fraction of sp³-hybridized carbons (Fsp3) is 0.840. The van der Waals surface area contributed by atoms with Gasteiger partial charge in [0.05, 0.1) is 23.6 Å². The Balaban J connectivity index is 0.000000160. The third-order valence-electron chi connectivity index (χ3n) is 20.8. The molecule has 8 aliphatic rings. The summed E-state index contributed by atoms with van der Waals surface area (Å²) in [5, 5.41) is 45.8. The van der Waals surface area contributed by atoms with Crippen molar-refractivity contribution in [1.82, 2.24) is 30.0 Å². The van der Waals surface area contributed by atoms with Gasteiger partial charge in [0.15, 0.2) is 23.0 Å². The molecule has 8 fully saturated rings. The number of primary amides is 1. The highest BCUT2D eigenvalue weighted by Gasteiger charge is 2.63. The fourth-order valence-corrected chi connectivity index (χ4v) is 17.4. The van der Waals surface area contributed by atoms with E-state index in [2.05, 4.69) is 48.3 Å². The number of fused-ring (bicyclic) bond motifs is 10. The van der Waals surface area contributed by atoms with Crippen LogP contribution < -0.4 is 5.73 Å². The Hall–Kier alpha value is -3.50. The van der Waals surface area contributed by atoms with Gasteiger partial charge < -0.3 is 15.9 Å². The Morgan fingerprint density at radius 1 is 0.619 bits per heavy atom. The first kappa shape index (κ1) is 44.7. The van der Waals surface area contributed by atoms with E-state index >= 15 is 0 Å². The van der Waals surface area contributed by atoms with Crippen LogP contribution in [-0.4, -0.2) is 68.9 Å². The molecule has 4 N–H and O–H groups in total. The van der Waals surface area contributed by atoms with Gasteiger partial charge in [-0.2, -0.15) is 5.26 Å². The molecule has 2 aromatic heterocycles. The van der Waals surface area contributed by atoms with Crippen LogP contribution >= 0.6 is 0 Å². The molecule has 2 aromatic rings. The van der Waals surface area contributed by atoms with Crippen LogP contribution in [0, 0.1) is 92.2 Å². The maximum atomic E-state index is 13.3. The molecule has 13 nitrogen and oxygen atoms in total. The van der Waals surface area contributed by atoms with Crippen molar-refractivity contribution in [1.29, 1.82) is 5.26 Å². The molecule has 0 unspecified atom stereocenters. The van der Waals surface area contributed by atoms with Crippen molar-refractivity contribution in [3.8, 4) is 6.07 Å². The number of hydrogen-bond acceptors (Lipinski definition) is 10. The van der Waals surface area contributed by atoms with Crippen molar-refractivity contribution in [2.24, 2.45) is 86.6 Å². The second kappa shape index (κ2) is 15.8. The summed E-state index contributed by atoms with van der Waals surface area (Å²) >= 11 is 0.